The average molecular weight is 316 g/mol. The first kappa shape index (κ1) is 17.0. The molecular formula is C17H24N4O2. The highest BCUT2D eigenvalue weighted by molar-refractivity contribution is 5.73. The molecule has 0 fully saturated rings. The third kappa shape index (κ3) is 5.75. The van der Waals surface area contributed by atoms with E-state index in [9.17, 15) is 9.90 Å². The summed E-state index contributed by atoms with van der Waals surface area (Å²) in [6, 6.07) is 9.86. The van der Waals surface area contributed by atoms with Gasteiger partial charge in [0, 0.05) is 25.5 Å². The minimum Gasteiger partial charge on any atom is -0.393 e. The van der Waals surface area contributed by atoms with Crippen molar-refractivity contribution >= 4 is 6.03 Å². The van der Waals surface area contributed by atoms with Crippen LogP contribution >= 0.6 is 0 Å². The number of nitrogens with one attached hydrogen (secondary N) is 2. The number of urea groups is 1. The Morgan fingerprint density at radius 2 is 2.09 bits per heavy atom. The van der Waals surface area contributed by atoms with Crippen molar-refractivity contribution < 1.29 is 9.90 Å². The number of carbonyl (C=O) groups is 1. The molecule has 1 aromatic heterocycles. The Kier molecular flexibility index (Phi) is 6.62. The average Bonchev–Trinajstić information content (AvgIpc) is 3.00. The van der Waals surface area contributed by atoms with E-state index in [4.69, 9.17) is 0 Å². The number of hydrogen-bond donors (Lipinski definition) is 3. The number of nitrogens with zero attached hydrogens (tertiary/aromatic N) is 2. The summed E-state index contributed by atoms with van der Waals surface area (Å²) in [5.74, 6) is 0.803. The Balaban J connectivity index is 1.78. The zero-order valence-electron chi connectivity index (χ0n) is 13.4. The highest BCUT2D eigenvalue weighted by Gasteiger charge is 2.07. The third-order valence-electron chi connectivity index (χ3n) is 3.64. The smallest absolute Gasteiger partial charge is 0.315 e. The molecule has 1 heterocycles. The molecule has 0 aliphatic rings. The molecule has 0 aliphatic carbocycles. The Bertz CT molecular complexity index is 598. The molecule has 2 rings (SSSR count). The largest absolute Gasteiger partial charge is 0.393 e. The SMILES string of the molecule is CCC(O)CCNC(=O)NCc1nccn1Cc1ccccc1. The van der Waals surface area contributed by atoms with Gasteiger partial charge in [-0.3, -0.25) is 0 Å². The minimum atomic E-state index is -0.361. The van der Waals surface area contributed by atoms with Crippen LogP contribution in [0.25, 0.3) is 0 Å². The molecule has 6 heteroatoms. The predicted octanol–water partition coefficient (Wildman–Crippen LogP) is 1.89. The third-order valence-corrected chi connectivity index (χ3v) is 3.64. The number of hydrogen-bond acceptors (Lipinski definition) is 3. The van der Waals surface area contributed by atoms with Gasteiger partial charge >= 0.3 is 6.03 Å². The van der Waals surface area contributed by atoms with E-state index >= 15 is 0 Å². The van der Waals surface area contributed by atoms with Crippen molar-refractivity contribution in [2.75, 3.05) is 6.54 Å². The van der Waals surface area contributed by atoms with Crippen LogP contribution in [-0.4, -0.2) is 33.3 Å². The second kappa shape index (κ2) is 8.95. The molecule has 0 saturated heterocycles. The van der Waals surface area contributed by atoms with Crippen LogP contribution in [0.5, 0.6) is 0 Å². The van der Waals surface area contributed by atoms with Crippen LogP contribution in [0.15, 0.2) is 42.7 Å². The molecule has 1 aromatic carbocycles. The van der Waals surface area contributed by atoms with Gasteiger partial charge in [0.25, 0.3) is 0 Å². The molecule has 0 spiro atoms. The molecule has 0 radical (unpaired) electrons. The van der Waals surface area contributed by atoms with Gasteiger partial charge in [0.15, 0.2) is 0 Å². The second-order valence-corrected chi connectivity index (χ2v) is 5.42. The van der Waals surface area contributed by atoms with E-state index in [1.807, 2.05) is 35.9 Å². The quantitative estimate of drug-likeness (QED) is 0.696. The number of benzene rings is 1. The minimum absolute atomic E-state index is 0.248. The summed E-state index contributed by atoms with van der Waals surface area (Å²) in [5, 5.41) is 15.0. The summed E-state index contributed by atoms with van der Waals surface area (Å²) in [7, 11) is 0. The maximum Gasteiger partial charge on any atom is 0.315 e. The summed E-state index contributed by atoms with van der Waals surface area (Å²) in [4.78, 5) is 16.0. The lowest BCUT2D eigenvalue weighted by molar-refractivity contribution is 0.160. The fourth-order valence-electron chi connectivity index (χ4n) is 2.21. The fraction of sp³-hybridized carbons (Fsp3) is 0.412. The standard InChI is InChI=1S/C17H24N4O2/c1-2-15(22)8-9-19-17(23)20-12-16-18-10-11-21(16)13-14-6-4-3-5-7-14/h3-7,10-11,15,22H,2,8-9,12-13H2,1H3,(H2,19,20,23). The van der Waals surface area contributed by atoms with Crippen LogP contribution in [-0.2, 0) is 13.1 Å². The van der Waals surface area contributed by atoms with Gasteiger partial charge < -0.3 is 20.3 Å². The Labute approximate surface area is 136 Å². The summed E-state index contributed by atoms with van der Waals surface area (Å²) in [6.45, 7) is 3.46. The van der Waals surface area contributed by atoms with Crippen molar-refractivity contribution in [3.05, 3.63) is 54.1 Å². The number of imidazole rings is 1. The molecule has 3 N–H and O–H groups in total. The molecule has 2 amide bonds. The van der Waals surface area contributed by atoms with Gasteiger partial charge in [-0.05, 0) is 18.4 Å². The van der Waals surface area contributed by atoms with E-state index in [-0.39, 0.29) is 12.1 Å². The molecular weight excluding hydrogens is 292 g/mol. The zero-order valence-corrected chi connectivity index (χ0v) is 13.4. The van der Waals surface area contributed by atoms with E-state index < -0.39 is 0 Å². The molecule has 0 aliphatic heterocycles. The highest BCUT2D eigenvalue weighted by Crippen LogP contribution is 2.05. The molecule has 2 aromatic rings. The Morgan fingerprint density at radius 3 is 2.83 bits per heavy atom. The van der Waals surface area contributed by atoms with Gasteiger partial charge in [-0.1, -0.05) is 37.3 Å². The second-order valence-electron chi connectivity index (χ2n) is 5.42. The topological polar surface area (TPSA) is 79.2 Å². The maximum absolute atomic E-state index is 11.7. The van der Waals surface area contributed by atoms with Crippen LogP contribution < -0.4 is 10.6 Å². The van der Waals surface area contributed by atoms with Crippen LogP contribution in [0.2, 0.25) is 0 Å². The first-order valence-electron chi connectivity index (χ1n) is 7.92. The fourth-order valence-corrected chi connectivity index (χ4v) is 2.21. The molecule has 0 bridgehead atoms. The number of aliphatic hydroxyl groups is 1. The number of rotatable bonds is 8. The van der Waals surface area contributed by atoms with Crippen LogP contribution in [0.1, 0.15) is 31.2 Å². The van der Waals surface area contributed by atoms with Gasteiger partial charge in [0.2, 0.25) is 0 Å². The van der Waals surface area contributed by atoms with E-state index in [1.54, 1.807) is 6.20 Å². The Morgan fingerprint density at radius 1 is 1.30 bits per heavy atom. The molecule has 6 nitrogen and oxygen atoms in total. The summed E-state index contributed by atoms with van der Waals surface area (Å²) >= 11 is 0. The van der Waals surface area contributed by atoms with Crippen molar-refractivity contribution in [3.63, 3.8) is 0 Å². The van der Waals surface area contributed by atoms with Crippen molar-refractivity contribution in [2.24, 2.45) is 0 Å². The lowest BCUT2D eigenvalue weighted by Gasteiger charge is -2.11. The van der Waals surface area contributed by atoms with Crippen molar-refractivity contribution in [1.82, 2.24) is 20.2 Å². The van der Waals surface area contributed by atoms with Crippen LogP contribution in [0.4, 0.5) is 4.79 Å². The molecule has 23 heavy (non-hydrogen) atoms. The van der Waals surface area contributed by atoms with Crippen molar-refractivity contribution in [3.8, 4) is 0 Å². The molecule has 1 unspecified atom stereocenters. The first-order valence-corrected chi connectivity index (χ1v) is 7.92. The van der Waals surface area contributed by atoms with E-state index in [0.717, 1.165) is 12.4 Å². The Hall–Kier alpha value is -2.34. The van der Waals surface area contributed by atoms with Crippen LogP contribution in [0.3, 0.4) is 0 Å². The number of aromatic nitrogens is 2. The first-order chi connectivity index (χ1) is 11.2. The van der Waals surface area contributed by atoms with E-state index in [0.29, 0.717) is 25.9 Å². The monoisotopic (exact) mass is 316 g/mol. The van der Waals surface area contributed by atoms with Gasteiger partial charge in [-0.15, -0.1) is 0 Å². The molecule has 0 saturated carbocycles. The molecule has 124 valence electrons. The number of carbonyl (C=O) groups excluding carboxylic acids is 1. The van der Waals surface area contributed by atoms with Gasteiger partial charge in [0.1, 0.15) is 5.82 Å². The van der Waals surface area contributed by atoms with Crippen LogP contribution in [0, 0.1) is 0 Å². The lowest BCUT2D eigenvalue weighted by Crippen LogP contribution is -2.37. The van der Waals surface area contributed by atoms with Crippen molar-refractivity contribution in [2.45, 2.75) is 39.0 Å². The van der Waals surface area contributed by atoms with E-state index in [1.165, 1.54) is 5.56 Å². The van der Waals surface area contributed by atoms with E-state index in [2.05, 4.69) is 27.8 Å². The molecule has 1 atom stereocenters. The van der Waals surface area contributed by atoms with Gasteiger partial charge in [-0.2, -0.15) is 0 Å². The van der Waals surface area contributed by atoms with Crippen molar-refractivity contribution in [1.29, 1.82) is 0 Å². The maximum atomic E-state index is 11.7. The summed E-state index contributed by atoms with van der Waals surface area (Å²) in [5.41, 5.74) is 1.18. The summed E-state index contributed by atoms with van der Waals surface area (Å²) in [6.07, 6.45) is 4.53. The lowest BCUT2D eigenvalue weighted by atomic mass is 10.2. The van der Waals surface area contributed by atoms with Gasteiger partial charge in [0.05, 0.1) is 12.6 Å². The number of amides is 2. The highest BCUT2D eigenvalue weighted by atomic mass is 16.3. The summed E-state index contributed by atoms with van der Waals surface area (Å²) < 4.78 is 2.01. The normalized spacial score (nSPS) is 11.9. The van der Waals surface area contributed by atoms with Gasteiger partial charge in [-0.25, -0.2) is 9.78 Å². The predicted molar refractivity (Wildman–Crippen MR) is 88.9 cm³/mol. The zero-order chi connectivity index (χ0) is 16.5. The number of aliphatic hydroxyl groups excluding tert-OH is 1.